The Morgan fingerprint density at radius 3 is 2.84 bits per heavy atom. The van der Waals surface area contributed by atoms with E-state index in [9.17, 15) is 14.4 Å². The van der Waals surface area contributed by atoms with Crippen LogP contribution in [0.5, 0.6) is 0 Å². The van der Waals surface area contributed by atoms with E-state index in [0.717, 1.165) is 10.4 Å². The van der Waals surface area contributed by atoms with Crippen molar-refractivity contribution >= 4 is 68.9 Å². The van der Waals surface area contributed by atoms with E-state index < -0.39 is 6.04 Å². The van der Waals surface area contributed by atoms with Crippen molar-refractivity contribution in [3.63, 3.8) is 0 Å². The average Bonchev–Trinajstić information content (AvgIpc) is 3.55. The fourth-order valence-electron chi connectivity index (χ4n) is 4.22. The lowest BCUT2D eigenvalue weighted by Crippen LogP contribution is -2.42. The second-order valence-corrected chi connectivity index (χ2v) is 11.0. The molecule has 6 rings (SSSR count). The molecule has 0 spiro atoms. The number of carbonyl (C=O) groups is 2. The van der Waals surface area contributed by atoms with Gasteiger partial charge in [-0.1, -0.05) is 41.6 Å². The summed E-state index contributed by atoms with van der Waals surface area (Å²) in [6, 6.07) is 15.2. The summed E-state index contributed by atoms with van der Waals surface area (Å²) < 4.78 is 1.38. The molecule has 2 aliphatic heterocycles. The van der Waals surface area contributed by atoms with Gasteiger partial charge in [-0.3, -0.25) is 23.8 Å². The van der Waals surface area contributed by atoms with E-state index in [4.69, 9.17) is 16.6 Å². The van der Waals surface area contributed by atoms with Crippen molar-refractivity contribution in [3.8, 4) is 0 Å². The molecule has 1 atom stereocenters. The lowest BCUT2D eigenvalue weighted by molar-refractivity contribution is -0.128. The van der Waals surface area contributed by atoms with Gasteiger partial charge in [0.05, 0.1) is 29.4 Å². The van der Waals surface area contributed by atoms with Crippen LogP contribution in [-0.4, -0.2) is 43.1 Å². The van der Waals surface area contributed by atoms with E-state index in [1.54, 1.807) is 23.5 Å². The number of benzene rings is 1. The summed E-state index contributed by atoms with van der Waals surface area (Å²) in [7, 11) is 0. The molecule has 3 aromatic heterocycles. The van der Waals surface area contributed by atoms with Gasteiger partial charge >= 0.3 is 0 Å². The number of nitrogens with one attached hydrogen (secondary N) is 1. The van der Waals surface area contributed by atoms with Gasteiger partial charge in [-0.2, -0.15) is 0 Å². The Morgan fingerprint density at radius 2 is 2.00 bits per heavy atom. The Hall–Kier alpha value is -3.80. The van der Waals surface area contributed by atoms with Crippen molar-refractivity contribution in [2.24, 2.45) is 9.98 Å². The molecule has 1 aromatic carbocycles. The van der Waals surface area contributed by atoms with Crippen LogP contribution in [0.3, 0.4) is 0 Å². The molecule has 0 saturated heterocycles. The number of thiophene rings is 1. The predicted molar refractivity (Wildman–Crippen MR) is 149 cm³/mol. The van der Waals surface area contributed by atoms with Crippen molar-refractivity contribution < 1.29 is 9.59 Å². The Labute approximate surface area is 229 Å². The van der Waals surface area contributed by atoms with Gasteiger partial charge in [0.1, 0.15) is 17.5 Å². The number of rotatable bonds is 6. The zero-order valence-corrected chi connectivity index (χ0v) is 22.1. The Bertz CT molecular complexity index is 1700. The third-order valence-electron chi connectivity index (χ3n) is 5.99. The molecule has 2 aliphatic rings. The molecule has 0 saturated carbocycles. The number of hydrogen-bond acceptors (Lipinski definition) is 8. The van der Waals surface area contributed by atoms with Crippen LogP contribution in [0.25, 0.3) is 5.65 Å². The van der Waals surface area contributed by atoms with Crippen molar-refractivity contribution in [3.05, 3.63) is 97.7 Å². The minimum absolute atomic E-state index is 0.0596. The highest BCUT2D eigenvalue weighted by atomic mass is 35.5. The molecule has 1 N–H and O–H groups in total. The maximum atomic E-state index is 13.5. The number of para-hydroxylation sites is 1. The summed E-state index contributed by atoms with van der Waals surface area (Å²) in [5, 5.41) is 5.67. The zero-order chi connectivity index (χ0) is 26.2. The number of aliphatic imine (C=N–C) groups is 2. The highest BCUT2D eigenvalue weighted by Crippen LogP contribution is 2.34. The van der Waals surface area contributed by atoms with Crippen molar-refractivity contribution in [2.45, 2.75) is 24.8 Å². The van der Waals surface area contributed by atoms with Crippen LogP contribution in [-0.2, 0) is 21.9 Å². The van der Waals surface area contributed by atoms with Crippen molar-refractivity contribution in [1.82, 2.24) is 19.6 Å². The molecule has 9 nitrogen and oxygen atoms in total. The Balaban J connectivity index is 1.23. The summed E-state index contributed by atoms with van der Waals surface area (Å²) in [4.78, 5) is 55.1. The molecule has 190 valence electrons. The topological polar surface area (TPSA) is 108 Å². The van der Waals surface area contributed by atoms with Gasteiger partial charge in [0.2, 0.25) is 5.91 Å². The lowest BCUT2D eigenvalue weighted by Gasteiger charge is -2.25. The van der Waals surface area contributed by atoms with Crippen LogP contribution in [0.2, 0.25) is 5.02 Å². The molecular weight excluding hydrogens is 544 g/mol. The van der Waals surface area contributed by atoms with Crippen LogP contribution in [0.1, 0.15) is 22.6 Å². The molecule has 2 amide bonds. The molecular formula is C26H19ClN6O3S2. The number of aromatic nitrogens is 2. The zero-order valence-electron chi connectivity index (χ0n) is 19.7. The maximum Gasteiger partial charge on any atom is 0.259 e. The number of halogens is 1. The van der Waals surface area contributed by atoms with Gasteiger partial charge in [-0.05, 0) is 35.7 Å². The van der Waals surface area contributed by atoms with Crippen molar-refractivity contribution in [2.75, 3.05) is 0 Å². The fourth-order valence-corrected chi connectivity index (χ4v) is 5.92. The third-order valence-corrected chi connectivity index (χ3v) is 8.06. The van der Waals surface area contributed by atoms with E-state index in [1.165, 1.54) is 33.3 Å². The molecule has 0 aliphatic carbocycles. The SMILES string of the molecule is O=C(CC1N=C2c3ccccc3N=C(SCc3cc(=O)n4cc(Cl)ccc4n3)N2C1=O)NCc1cccs1. The van der Waals surface area contributed by atoms with Gasteiger partial charge in [0.15, 0.2) is 5.17 Å². The van der Waals surface area contributed by atoms with Gasteiger partial charge in [0, 0.05) is 28.5 Å². The van der Waals surface area contributed by atoms with Crippen LogP contribution < -0.4 is 10.9 Å². The molecule has 5 heterocycles. The van der Waals surface area contributed by atoms with Crippen LogP contribution in [0.15, 0.2) is 81.0 Å². The van der Waals surface area contributed by atoms with Gasteiger partial charge < -0.3 is 5.32 Å². The number of pyridine rings is 1. The molecule has 4 aromatic rings. The van der Waals surface area contributed by atoms with E-state index in [-0.39, 0.29) is 23.8 Å². The second kappa shape index (κ2) is 10.2. The van der Waals surface area contributed by atoms with E-state index >= 15 is 0 Å². The standard InChI is InChI=1S/C26H19ClN6O3S2/c27-15-7-8-21-29-16(10-23(35)32(21)13-15)14-38-26-31-19-6-2-1-5-18(19)24-30-20(25(36)33(24)26)11-22(34)28-12-17-4-3-9-37-17/h1-10,13,20H,11-12,14H2,(H,28,34). The fraction of sp³-hybridized carbons (Fsp3) is 0.154. The molecule has 12 heteroatoms. The molecule has 0 fully saturated rings. The van der Waals surface area contributed by atoms with E-state index in [0.29, 0.717) is 45.4 Å². The van der Waals surface area contributed by atoms with Crippen molar-refractivity contribution in [1.29, 1.82) is 0 Å². The summed E-state index contributed by atoms with van der Waals surface area (Å²) in [5.41, 5.74) is 2.17. The minimum atomic E-state index is -0.849. The van der Waals surface area contributed by atoms with E-state index in [2.05, 4.69) is 15.3 Å². The summed E-state index contributed by atoms with van der Waals surface area (Å²) in [6.45, 7) is 0.411. The number of hydrogen-bond donors (Lipinski definition) is 1. The summed E-state index contributed by atoms with van der Waals surface area (Å²) in [6.07, 6.45) is 1.46. The second-order valence-electron chi connectivity index (χ2n) is 8.56. The molecule has 0 bridgehead atoms. The van der Waals surface area contributed by atoms with Gasteiger partial charge in [0.25, 0.3) is 11.5 Å². The van der Waals surface area contributed by atoms with Crippen LogP contribution >= 0.6 is 34.7 Å². The normalized spacial score (nSPS) is 16.2. The van der Waals surface area contributed by atoms with Gasteiger partial charge in [-0.25, -0.2) is 14.9 Å². The first kappa shape index (κ1) is 24.5. The molecule has 0 radical (unpaired) electrons. The van der Waals surface area contributed by atoms with Gasteiger partial charge in [-0.15, -0.1) is 11.3 Å². The number of amides is 2. The number of amidine groups is 2. The third kappa shape index (κ3) is 4.75. The summed E-state index contributed by atoms with van der Waals surface area (Å²) in [5.74, 6) is 0.216. The number of carbonyl (C=O) groups excluding carboxylic acids is 2. The maximum absolute atomic E-state index is 13.5. The van der Waals surface area contributed by atoms with Crippen LogP contribution in [0, 0.1) is 0 Å². The smallest absolute Gasteiger partial charge is 0.259 e. The lowest BCUT2D eigenvalue weighted by atomic mass is 10.1. The molecule has 38 heavy (non-hydrogen) atoms. The largest absolute Gasteiger partial charge is 0.351 e. The summed E-state index contributed by atoms with van der Waals surface area (Å²) >= 11 is 8.84. The average molecular weight is 563 g/mol. The van der Waals surface area contributed by atoms with Crippen LogP contribution in [0.4, 0.5) is 5.69 Å². The predicted octanol–water partition coefficient (Wildman–Crippen LogP) is 4.01. The highest BCUT2D eigenvalue weighted by molar-refractivity contribution is 8.13. The highest BCUT2D eigenvalue weighted by Gasteiger charge is 2.42. The first-order chi connectivity index (χ1) is 18.5. The first-order valence-electron chi connectivity index (χ1n) is 11.7. The number of nitrogens with zero attached hydrogens (tertiary/aromatic N) is 5. The number of fused-ring (bicyclic) bond motifs is 4. The first-order valence-corrected chi connectivity index (χ1v) is 13.9. The monoisotopic (exact) mass is 562 g/mol. The Morgan fingerprint density at radius 1 is 1.13 bits per heavy atom. The Kier molecular flexibility index (Phi) is 6.56. The molecule has 1 unspecified atom stereocenters. The quantitative estimate of drug-likeness (QED) is 0.382. The van der Waals surface area contributed by atoms with E-state index in [1.807, 2.05) is 41.8 Å². The number of thioether (sulfide) groups is 1. The minimum Gasteiger partial charge on any atom is -0.351 e.